The van der Waals surface area contributed by atoms with Crippen LogP contribution in [0.15, 0.2) is 0 Å². The lowest BCUT2D eigenvalue weighted by atomic mass is 10.0. The summed E-state index contributed by atoms with van der Waals surface area (Å²) in [6.07, 6.45) is -0.684. The summed E-state index contributed by atoms with van der Waals surface area (Å²) < 4.78 is 16.2. The first kappa shape index (κ1) is 18.4. The van der Waals surface area contributed by atoms with Gasteiger partial charge in [0, 0.05) is 0 Å². The summed E-state index contributed by atoms with van der Waals surface area (Å²) in [6.45, 7) is 11.6. The van der Waals surface area contributed by atoms with Crippen molar-refractivity contribution in [3.63, 3.8) is 0 Å². The minimum atomic E-state index is -0.615. The molecule has 0 aromatic heterocycles. The van der Waals surface area contributed by atoms with Crippen LogP contribution in [0.25, 0.3) is 0 Å². The number of esters is 1. The van der Waals surface area contributed by atoms with E-state index in [0.29, 0.717) is 6.42 Å². The molecule has 1 saturated heterocycles. The third-order valence-electron chi connectivity index (χ3n) is 3.07. The van der Waals surface area contributed by atoms with Crippen LogP contribution in [0, 0.1) is 5.92 Å². The first-order chi connectivity index (χ1) is 9.64. The molecule has 4 unspecified atom stereocenters. The molecule has 1 rings (SSSR count). The number of nitrogens with one attached hydrogen (secondary N) is 1. The van der Waals surface area contributed by atoms with E-state index in [-0.39, 0.29) is 36.6 Å². The van der Waals surface area contributed by atoms with Crippen LogP contribution < -0.4 is 5.32 Å². The quantitative estimate of drug-likeness (QED) is 0.521. The third-order valence-corrected chi connectivity index (χ3v) is 3.07. The predicted octanol–water partition coefficient (Wildman–Crippen LogP) is 1.41. The van der Waals surface area contributed by atoms with E-state index in [1.54, 1.807) is 0 Å². The molecule has 1 fully saturated rings. The van der Waals surface area contributed by atoms with Gasteiger partial charge >= 0.3 is 5.97 Å². The minimum Gasteiger partial charge on any atom is -0.462 e. The van der Waals surface area contributed by atoms with Crippen LogP contribution in [0.4, 0.5) is 0 Å². The molecule has 1 aliphatic heterocycles. The van der Waals surface area contributed by atoms with Gasteiger partial charge in [-0.2, -0.15) is 0 Å². The summed E-state index contributed by atoms with van der Waals surface area (Å²) in [7, 11) is 0. The van der Waals surface area contributed by atoms with Crippen molar-refractivity contribution in [3.05, 3.63) is 0 Å². The third kappa shape index (κ3) is 6.74. The number of aliphatic hydroxyl groups excluding tert-OH is 1. The summed E-state index contributed by atoms with van der Waals surface area (Å²) in [4.78, 5) is 12.1. The van der Waals surface area contributed by atoms with Crippen molar-refractivity contribution >= 4 is 5.97 Å². The van der Waals surface area contributed by atoms with Gasteiger partial charge in [0.1, 0.15) is 12.6 Å². The standard InChI is InChI=1S/C15H29NO5/c1-7-10(17)8-19-13(18)11(9(2)3)16-12-14(20-12)21-15(4,5)6/h9-12,14,16-17H,7-8H2,1-6H3. The molecule has 2 N–H and O–H groups in total. The lowest BCUT2D eigenvalue weighted by Crippen LogP contribution is -2.45. The molecule has 1 heterocycles. The molecule has 0 amide bonds. The molecule has 0 spiro atoms. The van der Waals surface area contributed by atoms with Crippen LogP contribution in [0.1, 0.15) is 48.0 Å². The Hall–Kier alpha value is -0.690. The maximum Gasteiger partial charge on any atom is 0.323 e. The van der Waals surface area contributed by atoms with Gasteiger partial charge in [-0.25, -0.2) is 0 Å². The van der Waals surface area contributed by atoms with Crippen LogP contribution in [-0.4, -0.2) is 47.9 Å². The Morgan fingerprint density at radius 3 is 2.48 bits per heavy atom. The topological polar surface area (TPSA) is 80.3 Å². The van der Waals surface area contributed by atoms with Crippen LogP contribution in [-0.2, 0) is 19.0 Å². The molecule has 6 nitrogen and oxygen atoms in total. The fourth-order valence-electron chi connectivity index (χ4n) is 1.75. The Bertz CT molecular complexity index is 339. The molecular formula is C15H29NO5. The lowest BCUT2D eigenvalue weighted by molar-refractivity contribution is -0.150. The minimum absolute atomic E-state index is 0.0215. The Kier molecular flexibility index (Phi) is 6.59. The van der Waals surface area contributed by atoms with Gasteiger partial charge in [0.25, 0.3) is 0 Å². The Morgan fingerprint density at radius 1 is 1.38 bits per heavy atom. The molecule has 21 heavy (non-hydrogen) atoms. The molecule has 6 heteroatoms. The number of epoxide rings is 1. The van der Waals surface area contributed by atoms with Crippen molar-refractivity contribution in [1.82, 2.24) is 5.32 Å². The zero-order valence-electron chi connectivity index (χ0n) is 13.9. The molecule has 0 bridgehead atoms. The first-order valence-electron chi connectivity index (χ1n) is 7.58. The fraction of sp³-hybridized carbons (Fsp3) is 0.933. The Morgan fingerprint density at radius 2 is 2.00 bits per heavy atom. The number of rotatable bonds is 8. The number of carbonyl (C=O) groups is 1. The zero-order valence-corrected chi connectivity index (χ0v) is 13.9. The highest BCUT2D eigenvalue weighted by atomic mass is 16.8. The van der Waals surface area contributed by atoms with E-state index in [1.165, 1.54) is 0 Å². The molecule has 124 valence electrons. The highest BCUT2D eigenvalue weighted by Gasteiger charge is 2.45. The van der Waals surface area contributed by atoms with E-state index < -0.39 is 12.1 Å². The number of ether oxygens (including phenoxy) is 3. The molecule has 0 aromatic carbocycles. The van der Waals surface area contributed by atoms with E-state index in [1.807, 2.05) is 41.5 Å². The Balaban J connectivity index is 2.43. The van der Waals surface area contributed by atoms with Gasteiger partial charge in [0.05, 0.1) is 11.7 Å². The van der Waals surface area contributed by atoms with E-state index in [0.717, 1.165) is 0 Å². The number of hydrogen-bond donors (Lipinski definition) is 2. The zero-order chi connectivity index (χ0) is 16.2. The Labute approximate surface area is 127 Å². The number of hydrogen-bond acceptors (Lipinski definition) is 6. The SMILES string of the molecule is CCC(O)COC(=O)C(NC1OC1OC(C)(C)C)C(C)C. The lowest BCUT2D eigenvalue weighted by Gasteiger charge is -2.21. The van der Waals surface area contributed by atoms with Gasteiger partial charge in [-0.15, -0.1) is 0 Å². The number of aliphatic hydroxyl groups is 1. The highest BCUT2D eigenvalue weighted by Crippen LogP contribution is 2.27. The molecular weight excluding hydrogens is 274 g/mol. The molecule has 0 aromatic rings. The van der Waals surface area contributed by atoms with Crippen molar-refractivity contribution in [2.24, 2.45) is 5.92 Å². The second kappa shape index (κ2) is 7.54. The van der Waals surface area contributed by atoms with Crippen molar-refractivity contribution in [2.75, 3.05) is 6.61 Å². The second-order valence-corrected chi connectivity index (χ2v) is 6.74. The summed E-state index contributed by atoms with van der Waals surface area (Å²) in [5.74, 6) is -0.321. The summed E-state index contributed by atoms with van der Waals surface area (Å²) >= 11 is 0. The highest BCUT2D eigenvalue weighted by molar-refractivity contribution is 5.76. The fourth-order valence-corrected chi connectivity index (χ4v) is 1.75. The molecule has 0 aliphatic carbocycles. The summed E-state index contributed by atoms with van der Waals surface area (Å²) in [5.41, 5.74) is -0.291. The van der Waals surface area contributed by atoms with Gasteiger partial charge in [-0.1, -0.05) is 20.8 Å². The van der Waals surface area contributed by atoms with Crippen molar-refractivity contribution in [2.45, 2.75) is 78.2 Å². The largest absolute Gasteiger partial charge is 0.462 e. The summed E-state index contributed by atoms with van der Waals surface area (Å²) in [5, 5.41) is 12.5. The monoisotopic (exact) mass is 303 g/mol. The summed E-state index contributed by atoms with van der Waals surface area (Å²) in [6, 6.07) is -0.479. The van der Waals surface area contributed by atoms with Gasteiger partial charge in [0.15, 0.2) is 12.5 Å². The van der Waals surface area contributed by atoms with E-state index in [2.05, 4.69) is 5.32 Å². The molecule has 0 radical (unpaired) electrons. The maximum absolute atomic E-state index is 12.1. The van der Waals surface area contributed by atoms with Crippen molar-refractivity contribution in [3.8, 4) is 0 Å². The van der Waals surface area contributed by atoms with E-state index in [9.17, 15) is 9.90 Å². The van der Waals surface area contributed by atoms with Crippen LogP contribution in [0.5, 0.6) is 0 Å². The van der Waals surface area contributed by atoms with Crippen molar-refractivity contribution < 1.29 is 24.1 Å². The average Bonchev–Trinajstić information content (AvgIpc) is 3.07. The van der Waals surface area contributed by atoms with Crippen LogP contribution in [0.3, 0.4) is 0 Å². The second-order valence-electron chi connectivity index (χ2n) is 6.74. The van der Waals surface area contributed by atoms with Gasteiger partial charge in [0.2, 0.25) is 0 Å². The van der Waals surface area contributed by atoms with Gasteiger partial charge in [-0.3, -0.25) is 10.1 Å². The van der Waals surface area contributed by atoms with Gasteiger partial charge < -0.3 is 19.3 Å². The van der Waals surface area contributed by atoms with Gasteiger partial charge in [-0.05, 0) is 33.1 Å². The molecule has 0 saturated carbocycles. The number of carbonyl (C=O) groups excluding carboxylic acids is 1. The average molecular weight is 303 g/mol. The van der Waals surface area contributed by atoms with Crippen LogP contribution >= 0.6 is 0 Å². The van der Waals surface area contributed by atoms with E-state index >= 15 is 0 Å². The van der Waals surface area contributed by atoms with E-state index in [4.69, 9.17) is 14.2 Å². The van der Waals surface area contributed by atoms with Crippen LogP contribution in [0.2, 0.25) is 0 Å². The first-order valence-corrected chi connectivity index (χ1v) is 7.58. The predicted molar refractivity (Wildman–Crippen MR) is 78.5 cm³/mol. The normalized spacial score (nSPS) is 24.8. The maximum atomic E-state index is 12.1. The molecule has 4 atom stereocenters. The van der Waals surface area contributed by atoms with Crippen molar-refractivity contribution in [1.29, 1.82) is 0 Å². The smallest absolute Gasteiger partial charge is 0.323 e. The molecule has 1 aliphatic rings.